The molecule has 0 fully saturated rings. The summed E-state index contributed by atoms with van der Waals surface area (Å²) in [6.45, 7) is 9.13. The molecular formula is C15H21N3. The van der Waals surface area contributed by atoms with Crippen LogP contribution in [0.2, 0.25) is 0 Å². The maximum atomic E-state index is 5.59. The van der Waals surface area contributed by atoms with Crippen LogP contribution in [-0.4, -0.2) is 16.3 Å². The lowest BCUT2D eigenvalue weighted by Crippen LogP contribution is -2.07. The summed E-state index contributed by atoms with van der Waals surface area (Å²) >= 11 is 0. The van der Waals surface area contributed by atoms with E-state index in [0.717, 1.165) is 17.8 Å². The first-order valence-corrected chi connectivity index (χ1v) is 6.36. The summed E-state index contributed by atoms with van der Waals surface area (Å²) in [7, 11) is 0. The van der Waals surface area contributed by atoms with Crippen LogP contribution in [0.15, 0.2) is 18.2 Å². The van der Waals surface area contributed by atoms with Crippen LogP contribution in [0.4, 0.5) is 0 Å². The summed E-state index contributed by atoms with van der Waals surface area (Å²) < 4.78 is 2.04. The minimum absolute atomic E-state index is 0.641. The lowest BCUT2D eigenvalue weighted by Gasteiger charge is -2.13. The van der Waals surface area contributed by atoms with Gasteiger partial charge in [-0.05, 0) is 51.4 Å². The van der Waals surface area contributed by atoms with Crippen LogP contribution in [0.25, 0.3) is 5.69 Å². The second kappa shape index (κ2) is 4.94. The van der Waals surface area contributed by atoms with Gasteiger partial charge in [-0.2, -0.15) is 5.10 Å². The van der Waals surface area contributed by atoms with Gasteiger partial charge in [0.25, 0.3) is 0 Å². The number of aromatic nitrogens is 2. The monoisotopic (exact) mass is 243 g/mol. The molecule has 0 saturated carbocycles. The first-order valence-electron chi connectivity index (χ1n) is 6.36. The normalized spacial score (nSPS) is 10.9. The Bertz CT molecular complexity index is 544. The van der Waals surface area contributed by atoms with E-state index in [4.69, 9.17) is 5.73 Å². The Kier molecular flexibility index (Phi) is 3.53. The molecule has 0 aliphatic rings. The minimum atomic E-state index is 0.641. The van der Waals surface area contributed by atoms with Crippen LogP contribution < -0.4 is 5.73 Å². The van der Waals surface area contributed by atoms with Crippen molar-refractivity contribution in [1.29, 1.82) is 0 Å². The fraction of sp³-hybridized carbons (Fsp3) is 0.400. The zero-order valence-corrected chi connectivity index (χ0v) is 11.6. The van der Waals surface area contributed by atoms with Crippen LogP contribution in [0.1, 0.15) is 28.1 Å². The molecule has 2 rings (SSSR count). The van der Waals surface area contributed by atoms with Gasteiger partial charge in [0.1, 0.15) is 0 Å². The second-order valence-corrected chi connectivity index (χ2v) is 4.97. The van der Waals surface area contributed by atoms with E-state index in [1.54, 1.807) is 0 Å². The Morgan fingerprint density at radius 3 is 2.22 bits per heavy atom. The van der Waals surface area contributed by atoms with Gasteiger partial charge in [-0.3, -0.25) is 0 Å². The molecule has 96 valence electrons. The average Bonchev–Trinajstić information content (AvgIpc) is 2.59. The van der Waals surface area contributed by atoms with Gasteiger partial charge < -0.3 is 5.73 Å². The predicted molar refractivity (Wildman–Crippen MR) is 75.3 cm³/mol. The van der Waals surface area contributed by atoms with Crippen molar-refractivity contribution in [3.05, 3.63) is 46.3 Å². The molecule has 0 amide bonds. The van der Waals surface area contributed by atoms with Gasteiger partial charge in [-0.15, -0.1) is 0 Å². The van der Waals surface area contributed by atoms with Gasteiger partial charge in [-0.1, -0.05) is 17.7 Å². The van der Waals surface area contributed by atoms with Gasteiger partial charge in [0.15, 0.2) is 0 Å². The highest BCUT2D eigenvalue weighted by Gasteiger charge is 2.11. The third kappa shape index (κ3) is 2.31. The molecule has 3 heteroatoms. The number of aryl methyl sites for hydroxylation is 4. The van der Waals surface area contributed by atoms with Gasteiger partial charge >= 0.3 is 0 Å². The molecule has 0 saturated heterocycles. The molecule has 0 radical (unpaired) electrons. The molecule has 2 aromatic rings. The highest BCUT2D eigenvalue weighted by atomic mass is 15.3. The Labute approximate surface area is 109 Å². The summed E-state index contributed by atoms with van der Waals surface area (Å²) in [5.41, 5.74) is 12.8. The quantitative estimate of drug-likeness (QED) is 0.900. The van der Waals surface area contributed by atoms with Crippen molar-refractivity contribution in [3.8, 4) is 5.69 Å². The van der Waals surface area contributed by atoms with Crippen molar-refractivity contribution >= 4 is 0 Å². The minimum Gasteiger partial charge on any atom is -0.330 e. The Morgan fingerprint density at radius 1 is 1.06 bits per heavy atom. The van der Waals surface area contributed by atoms with Crippen LogP contribution in [0, 0.1) is 27.7 Å². The van der Waals surface area contributed by atoms with E-state index >= 15 is 0 Å². The summed E-state index contributed by atoms with van der Waals surface area (Å²) in [4.78, 5) is 0. The largest absolute Gasteiger partial charge is 0.330 e. The standard InChI is InChI=1S/C15H21N3/c1-10-7-11(2)15(12(3)8-10)18-13(4)9-14(17-18)5-6-16/h7-9H,5-6,16H2,1-4H3. The van der Waals surface area contributed by atoms with Crippen molar-refractivity contribution in [1.82, 2.24) is 9.78 Å². The molecular weight excluding hydrogens is 222 g/mol. The van der Waals surface area contributed by atoms with Crippen molar-refractivity contribution in [3.63, 3.8) is 0 Å². The van der Waals surface area contributed by atoms with E-state index in [2.05, 4.69) is 51.0 Å². The van der Waals surface area contributed by atoms with Crippen molar-refractivity contribution < 1.29 is 0 Å². The Morgan fingerprint density at radius 2 is 1.67 bits per heavy atom. The van der Waals surface area contributed by atoms with Gasteiger partial charge in [-0.25, -0.2) is 4.68 Å². The van der Waals surface area contributed by atoms with Gasteiger partial charge in [0.2, 0.25) is 0 Å². The third-order valence-electron chi connectivity index (χ3n) is 3.19. The first-order chi connectivity index (χ1) is 8.52. The highest BCUT2D eigenvalue weighted by molar-refractivity contribution is 5.49. The molecule has 1 aromatic carbocycles. The maximum absolute atomic E-state index is 5.59. The van der Waals surface area contributed by atoms with Crippen LogP contribution in [0.3, 0.4) is 0 Å². The summed E-state index contributed by atoms with van der Waals surface area (Å²) in [6.07, 6.45) is 0.831. The number of rotatable bonds is 3. The smallest absolute Gasteiger partial charge is 0.0707 e. The lowest BCUT2D eigenvalue weighted by atomic mass is 10.1. The van der Waals surface area contributed by atoms with E-state index in [0.29, 0.717) is 6.54 Å². The second-order valence-electron chi connectivity index (χ2n) is 4.97. The van der Waals surface area contributed by atoms with E-state index < -0.39 is 0 Å². The Balaban J connectivity index is 2.55. The summed E-state index contributed by atoms with van der Waals surface area (Å²) in [5.74, 6) is 0. The molecule has 0 bridgehead atoms. The number of nitrogens with zero attached hydrogens (tertiary/aromatic N) is 2. The Hall–Kier alpha value is -1.61. The molecule has 2 N–H and O–H groups in total. The lowest BCUT2D eigenvalue weighted by molar-refractivity contribution is 0.795. The van der Waals surface area contributed by atoms with Gasteiger partial charge in [0, 0.05) is 12.1 Å². The molecule has 0 aliphatic heterocycles. The molecule has 1 aromatic heterocycles. The molecule has 18 heavy (non-hydrogen) atoms. The topological polar surface area (TPSA) is 43.8 Å². The first kappa shape index (κ1) is 12.8. The predicted octanol–water partition coefficient (Wildman–Crippen LogP) is 2.61. The number of hydrogen-bond acceptors (Lipinski definition) is 2. The van der Waals surface area contributed by atoms with Gasteiger partial charge in [0.05, 0.1) is 11.4 Å². The fourth-order valence-corrected chi connectivity index (χ4v) is 2.54. The van der Waals surface area contributed by atoms with E-state index in [-0.39, 0.29) is 0 Å². The highest BCUT2D eigenvalue weighted by Crippen LogP contribution is 2.22. The number of hydrogen-bond donors (Lipinski definition) is 1. The molecule has 3 nitrogen and oxygen atoms in total. The summed E-state index contributed by atoms with van der Waals surface area (Å²) in [6, 6.07) is 6.52. The van der Waals surface area contributed by atoms with E-state index in [9.17, 15) is 0 Å². The maximum Gasteiger partial charge on any atom is 0.0707 e. The number of nitrogens with two attached hydrogens (primary N) is 1. The van der Waals surface area contributed by atoms with Crippen LogP contribution in [-0.2, 0) is 6.42 Å². The third-order valence-corrected chi connectivity index (χ3v) is 3.19. The molecule has 0 aliphatic carbocycles. The number of benzene rings is 1. The fourth-order valence-electron chi connectivity index (χ4n) is 2.54. The zero-order valence-electron chi connectivity index (χ0n) is 11.6. The average molecular weight is 243 g/mol. The molecule has 0 atom stereocenters. The van der Waals surface area contributed by atoms with E-state index in [1.165, 1.54) is 22.4 Å². The molecule has 1 heterocycles. The summed E-state index contributed by atoms with van der Waals surface area (Å²) in [5, 5.41) is 4.66. The molecule has 0 spiro atoms. The zero-order chi connectivity index (χ0) is 13.3. The van der Waals surface area contributed by atoms with Crippen LogP contribution >= 0.6 is 0 Å². The van der Waals surface area contributed by atoms with E-state index in [1.807, 2.05) is 4.68 Å². The van der Waals surface area contributed by atoms with Crippen molar-refractivity contribution in [2.24, 2.45) is 5.73 Å². The molecule has 0 unspecified atom stereocenters. The van der Waals surface area contributed by atoms with Crippen LogP contribution in [0.5, 0.6) is 0 Å². The van der Waals surface area contributed by atoms with Crippen molar-refractivity contribution in [2.75, 3.05) is 6.54 Å². The SMILES string of the molecule is Cc1cc(C)c(-n2nc(CCN)cc2C)c(C)c1. The van der Waals surface area contributed by atoms with Crippen molar-refractivity contribution in [2.45, 2.75) is 34.1 Å².